The lowest BCUT2D eigenvalue weighted by atomic mass is 10.1. The van der Waals surface area contributed by atoms with Crippen molar-refractivity contribution in [1.29, 1.82) is 0 Å². The van der Waals surface area contributed by atoms with E-state index in [9.17, 15) is 5.11 Å². The zero-order valence-electron chi connectivity index (χ0n) is 19.0. The summed E-state index contributed by atoms with van der Waals surface area (Å²) in [6.45, 7) is 8.94. The van der Waals surface area contributed by atoms with Crippen molar-refractivity contribution in [3.8, 4) is 11.5 Å². The van der Waals surface area contributed by atoms with Crippen LogP contribution in [-0.2, 0) is 0 Å². The average Bonchev–Trinajstić information content (AvgIpc) is 2.62. The van der Waals surface area contributed by atoms with Crippen molar-refractivity contribution in [2.24, 2.45) is 0 Å². The summed E-state index contributed by atoms with van der Waals surface area (Å²) in [5, 5.41) is 9.88. The van der Waals surface area contributed by atoms with Gasteiger partial charge in [0.15, 0.2) is 0 Å². The Morgan fingerprint density at radius 2 is 1.15 bits per heavy atom. The minimum atomic E-state index is -1.34. The van der Waals surface area contributed by atoms with Crippen molar-refractivity contribution in [2.75, 3.05) is 0 Å². The number of hydrogen-bond donors (Lipinski definition) is 1. The standard InChI is InChI=1S/C25H48OSi/c1-5-6-7-8-9-10-11-12-13-14-15-16-17-18-19-20-21-22-25(26)23-24-27(2,3)4/h12-13,25-26H,5-11,14-22H2,1-4H3/b13-12+/t25-/m1/s1. The van der Waals surface area contributed by atoms with Gasteiger partial charge in [0.05, 0.1) is 0 Å². The molecular weight excluding hydrogens is 344 g/mol. The smallest absolute Gasteiger partial charge is 0.129 e. The number of allylic oxidation sites excluding steroid dienone is 2. The summed E-state index contributed by atoms with van der Waals surface area (Å²) in [5.74, 6) is 3.04. The van der Waals surface area contributed by atoms with Gasteiger partial charge in [-0.15, -0.1) is 5.54 Å². The van der Waals surface area contributed by atoms with Crippen LogP contribution in [0.1, 0.15) is 110 Å². The fraction of sp³-hybridized carbons (Fsp3) is 0.840. The first kappa shape index (κ1) is 26.5. The normalized spacial score (nSPS) is 12.9. The third-order valence-electron chi connectivity index (χ3n) is 4.85. The molecule has 0 spiro atoms. The monoisotopic (exact) mass is 392 g/mol. The summed E-state index contributed by atoms with van der Waals surface area (Å²) in [6, 6.07) is 0. The van der Waals surface area contributed by atoms with Gasteiger partial charge in [-0.05, 0) is 38.5 Å². The lowest BCUT2D eigenvalue weighted by Crippen LogP contribution is -2.17. The topological polar surface area (TPSA) is 20.2 Å². The van der Waals surface area contributed by atoms with Crippen molar-refractivity contribution >= 4 is 8.07 Å². The van der Waals surface area contributed by atoms with E-state index in [1.54, 1.807) is 0 Å². The molecule has 0 aliphatic carbocycles. The zero-order valence-corrected chi connectivity index (χ0v) is 20.0. The van der Waals surface area contributed by atoms with E-state index in [4.69, 9.17) is 0 Å². The van der Waals surface area contributed by atoms with Crippen molar-refractivity contribution in [3.63, 3.8) is 0 Å². The Morgan fingerprint density at radius 1 is 0.704 bits per heavy atom. The molecule has 0 saturated heterocycles. The number of rotatable bonds is 17. The minimum Gasteiger partial charge on any atom is -0.380 e. The molecule has 0 amide bonds. The lowest BCUT2D eigenvalue weighted by Gasteiger charge is -2.07. The van der Waals surface area contributed by atoms with Gasteiger partial charge in [-0.1, -0.05) is 109 Å². The molecule has 1 N–H and O–H groups in total. The fourth-order valence-corrected chi connectivity index (χ4v) is 3.73. The first-order chi connectivity index (χ1) is 13.0. The number of aliphatic hydroxyl groups is 1. The molecule has 0 aliphatic rings. The van der Waals surface area contributed by atoms with E-state index in [0.717, 1.165) is 12.8 Å². The van der Waals surface area contributed by atoms with Gasteiger partial charge in [0, 0.05) is 0 Å². The Morgan fingerprint density at radius 3 is 1.63 bits per heavy atom. The summed E-state index contributed by atoms with van der Waals surface area (Å²) in [6.07, 6.45) is 25.2. The quantitative estimate of drug-likeness (QED) is 0.115. The highest BCUT2D eigenvalue weighted by Crippen LogP contribution is 2.12. The molecule has 2 heteroatoms. The molecule has 0 aliphatic heterocycles. The van der Waals surface area contributed by atoms with Gasteiger partial charge < -0.3 is 5.11 Å². The van der Waals surface area contributed by atoms with Crippen molar-refractivity contribution in [3.05, 3.63) is 12.2 Å². The number of hydrogen-bond acceptors (Lipinski definition) is 1. The Bertz CT molecular complexity index is 397. The van der Waals surface area contributed by atoms with Crippen LogP contribution in [0.3, 0.4) is 0 Å². The molecule has 0 aromatic rings. The van der Waals surface area contributed by atoms with Crippen LogP contribution in [0.2, 0.25) is 19.6 Å². The maximum absolute atomic E-state index is 9.88. The Labute approximate surface area is 172 Å². The molecule has 1 atom stereocenters. The van der Waals surface area contributed by atoms with E-state index >= 15 is 0 Å². The van der Waals surface area contributed by atoms with Gasteiger partial charge in [0.1, 0.15) is 14.2 Å². The highest BCUT2D eigenvalue weighted by atomic mass is 28.3. The number of unbranched alkanes of at least 4 members (excludes halogenated alkanes) is 13. The molecule has 0 rings (SSSR count). The fourth-order valence-electron chi connectivity index (χ4n) is 3.13. The van der Waals surface area contributed by atoms with E-state index in [-0.39, 0.29) is 0 Å². The first-order valence-electron chi connectivity index (χ1n) is 11.8. The van der Waals surface area contributed by atoms with E-state index in [1.807, 2.05) is 0 Å². The Balaban J connectivity index is 3.29. The Hall–Kier alpha value is -0.523. The van der Waals surface area contributed by atoms with Crippen LogP contribution in [0.5, 0.6) is 0 Å². The van der Waals surface area contributed by atoms with Crippen LogP contribution in [-0.4, -0.2) is 19.3 Å². The second-order valence-corrected chi connectivity index (χ2v) is 13.9. The second-order valence-electron chi connectivity index (χ2n) is 9.12. The molecule has 0 heterocycles. The second kappa shape index (κ2) is 18.8. The summed E-state index contributed by atoms with van der Waals surface area (Å²) >= 11 is 0. The molecular formula is C25H48OSi. The molecule has 0 unspecified atom stereocenters. The van der Waals surface area contributed by atoms with E-state index in [1.165, 1.54) is 89.9 Å². The lowest BCUT2D eigenvalue weighted by molar-refractivity contribution is 0.217. The predicted molar refractivity (Wildman–Crippen MR) is 126 cm³/mol. The van der Waals surface area contributed by atoms with Crippen LogP contribution < -0.4 is 0 Å². The molecule has 1 nitrogen and oxygen atoms in total. The highest BCUT2D eigenvalue weighted by Gasteiger charge is 2.08. The summed E-state index contributed by atoms with van der Waals surface area (Å²) in [4.78, 5) is 0. The van der Waals surface area contributed by atoms with Crippen LogP contribution in [0, 0.1) is 11.5 Å². The largest absolute Gasteiger partial charge is 0.380 e. The molecule has 0 aromatic carbocycles. The van der Waals surface area contributed by atoms with Gasteiger partial charge in [0.25, 0.3) is 0 Å². The Kier molecular flexibility index (Phi) is 18.5. The molecule has 0 aromatic heterocycles. The highest BCUT2D eigenvalue weighted by molar-refractivity contribution is 6.83. The van der Waals surface area contributed by atoms with Gasteiger partial charge in [-0.25, -0.2) is 0 Å². The SMILES string of the molecule is CCCCCCCC/C=C/CCCCCCCCC[C@@H](O)C#C[Si](C)(C)C. The molecule has 0 saturated carbocycles. The summed E-state index contributed by atoms with van der Waals surface area (Å²) in [7, 11) is -1.34. The van der Waals surface area contributed by atoms with Crippen LogP contribution in [0.15, 0.2) is 12.2 Å². The average molecular weight is 393 g/mol. The molecule has 0 bridgehead atoms. The zero-order chi connectivity index (χ0) is 20.2. The van der Waals surface area contributed by atoms with Crippen molar-refractivity contribution in [2.45, 2.75) is 135 Å². The third kappa shape index (κ3) is 23.4. The molecule has 27 heavy (non-hydrogen) atoms. The van der Waals surface area contributed by atoms with E-state index < -0.39 is 14.2 Å². The maximum atomic E-state index is 9.88. The van der Waals surface area contributed by atoms with Gasteiger partial charge in [0.2, 0.25) is 0 Å². The first-order valence-corrected chi connectivity index (χ1v) is 15.3. The van der Waals surface area contributed by atoms with Crippen LogP contribution in [0.4, 0.5) is 0 Å². The minimum absolute atomic E-state index is 0.403. The molecule has 158 valence electrons. The van der Waals surface area contributed by atoms with E-state index in [2.05, 4.69) is 50.2 Å². The van der Waals surface area contributed by atoms with Gasteiger partial charge in [-0.2, -0.15) is 0 Å². The molecule has 0 fully saturated rings. The van der Waals surface area contributed by atoms with Crippen molar-refractivity contribution < 1.29 is 5.11 Å². The van der Waals surface area contributed by atoms with Crippen LogP contribution >= 0.6 is 0 Å². The molecule has 0 radical (unpaired) electrons. The maximum Gasteiger partial charge on any atom is 0.129 e. The third-order valence-corrected chi connectivity index (χ3v) is 5.75. The van der Waals surface area contributed by atoms with Crippen molar-refractivity contribution in [1.82, 2.24) is 0 Å². The van der Waals surface area contributed by atoms with E-state index in [0.29, 0.717) is 0 Å². The van der Waals surface area contributed by atoms with Gasteiger partial charge >= 0.3 is 0 Å². The van der Waals surface area contributed by atoms with Gasteiger partial charge in [-0.3, -0.25) is 0 Å². The number of aliphatic hydroxyl groups excluding tert-OH is 1. The summed E-state index contributed by atoms with van der Waals surface area (Å²) in [5.41, 5.74) is 3.26. The predicted octanol–water partition coefficient (Wildman–Crippen LogP) is 8.05. The summed E-state index contributed by atoms with van der Waals surface area (Å²) < 4.78 is 0. The van der Waals surface area contributed by atoms with Crippen LogP contribution in [0.25, 0.3) is 0 Å².